The Morgan fingerprint density at radius 1 is 1.08 bits per heavy atom. The fourth-order valence-corrected chi connectivity index (χ4v) is 5.87. The number of carboxylic acids is 2. The van der Waals surface area contributed by atoms with E-state index in [-0.39, 0.29) is 15.5 Å². The molecule has 1 saturated heterocycles. The molecule has 1 aliphatic heterocycles. The Hall–Kier alpha value is -3.65. The molecule has 0 atom stereocenters. The van der Waals surface area contributed by atoms with Gasteiger partial charge in [-0.3, -0.25) is 4.72 Å². The fraction of sp³-hybridized carbons (Fsp3) is 0.292. The number of anilines is 2. The molecule has 3 aromatic rings. The Morgan fingerprint density at radius 3 is 2.24 bits per heavy atom. The van der Waals surface area contributed by atoms with Crippen molar-refractivity contribution in [3.8, 4) is 0 Å². The maximum absolute atomic E-state index is 12.4. The van der Waals surface area contributed by atoms with Crippen molar-refractivity contribution in [1.82, 2.24) is 4.98 Å². The van der Waals surface area contributed by atoms with Crippen LogP contribution in [0.4, 0.5) is 24.7 Å². The number of aliphatic carboxylic acids is 1. The smallest absolute Gasteiger partial charge is 0.478 e. The predicted molar refractivity (Wildman–Crippen MR) is 135 cm³/mol. The first-order chi connectivity index (χ1) is 17.9. The first-order valence-corrected chi connectivity index (χ1v) is 13.6. The summed E-state index contributed by atoms with van der Waals surface area (Å²) < 4.78 is 59.2. The molecule has 0 bridgehead atoms. The number of nitrogens with zero attached hydrogens (tertiary/aromatic N) is 2. The van der Waals surface area contributed by atoms with Crippen molar-refractivity contribution in [3.63, 3.8) is 0 Å². The summed E-state index contributed by atoms with van der Waals surface area (Å²) in [5.41, 5.74) is 1.44. The molecule has 1 fully saturated rings. The second-order valence-electron chi connectivity index (χ2n) is 8.36. The van der Waals surface area contributed by atoms with Gasteiger partial charge in [0.1, 0.15) is 15.6 Å². The molecule has 0 amide bonds. The number of carboxylic acid groups (broad SMARTS) is 2. The normalized spacial score (nSPS) is 14.3. The molecule has 4 rings (SSSR count). The van der Waals surface area contributed by atoms with Gasteiger partial charge >= 0.3 is 18.1 Å². The lowest BCUT2D eigenvalue weighted by Crippen LogP contribution is -2.36. The van der Waals surface area contributed by atoms with E-state index in [1.807, 2.05) is 23.1 Å². The van der Waals surface area contributed by atoms with Crippen LogP contribution >= 0.6 is 11.3 Å². The van der Waals surface area contributed by atoms with Crippen LogP contribution in [-0.4, -0.2) is 54.8 Å². The van der Waals surface area contributed by atoms with Crippen LogP contribution in [0, 0.1) is 5.92 Å². The molecule has 3 N–H and O–H groups in total. The van der Waals surface area contributed by atoms with E-state index in [2.05, 4.69) is 21.8 Å². The van der Waals surface area contributed by atoms with Gasteiger partial charge in [-0.2, -0.15) is 13.2 Å². The van der Waals surface area contributed by atoms with Gasteiger partial charge in [-0.15, -0.1) is 11.3 Å². The van der Waals surface area contributed by atoms with Crippen molar-refractivity contribution < 1.29 is 41.4 Å². The summed E-state index contributed by atoms with van der Waals surface area (Å²) in [5.74, 6) is -2.97. The number of halogens is 3. The first kappa shape index (κ1) is 28.9. The van der Waals surface area contributed by atoms with Crippen LogP contribution in [0.3, 0.4) is 0 Å². The third-order valence-corrected chi connectivity index (χ3v) is 8.41. The van der Waals surface area contributed by atoms with Gasteiger partial charge in [0.05, 0.1) is 11.9 Å². The van der Waals surface area contributed by atoms with Crippen molar-refractivity contribution in [2.45, 2.75) is 29.6 Å². The number of aromatic carboxylic acids is 1. The van der Waals surface area contributed by atoms with Gasteiger partial charge in [0.25, 0.3) is 10.0 Å². The van der Waals surface area contributed by atoms with Gasteiger partial charge in [-0.1, -0.05) is 36.4 Å². The van der Waals surface area contributed by atoms with Crippen molar-refractivity contribution in [2.24, 2.45) is 5.92 Å². The molecule has 0 saturated carbocycles. The minimum Gasteiger partial charge on any atom is -0.478 e. The monoisotopic (exact) mass is 571 g/mol. The molecular weight excluding hydrogens is 547 g/mol. The highest BCUT2D eigenvalue weighted by molar-refractivity contribution is 7.94. The van der Waals surface area contributed by atoms with E-state index >= 15 is 0 Å². The van der Waals surface area contributed by atoms with Gasteiger partial charge in [-0.25, -0.2) is 23.0 Å². The summed E-state index contributed by atoms with van der Waals surface area (Å²) in [7, 11) is -3.77. The highest BCUT2D eigenvalue weighted by Crippen LogP contribution is 2.29. The minimum atomic E-state index is -5.08. The zero-order valence-electron chi connectivity index (χ0n) is 19.8. The molecule has 0 spiro atoms. The highest BCUT2D eigenvalue weighted by Gasteiger charge is 2.38. The second-order valence-corrected chi connectivity index (χ2v) is 11.2. The zero-order valence-corrected chi connectivity index (χ0v) is 21.4. The van der Waals surface area contributed by atoms with Crippen molar-refractivity contribution in [1.29, 1.82) is 0 Å². The van der Waals surface area contributed by atoms with Gasteiger partial charge in [0.2, 0.25) is 0 Å². The predicted octanol–water partition coefficient (Wildman–Crippen LogP) is 4.73. The molecule has 14 heteroatoms. The minimum absolute atomic E-state index is 0.00658. The number of aromatic nitrogens is 1. The number of rotatable bonds is 7. The lowest BCUT2D eigenvalue weighted by molar-refractivity contribution is -0.192. The van der Waals surface area contributed by atoms with E-state index in [1.165, 1.54) is 23.9 Å². The molecule has 9 nitrogen and oxygen atoms in total. The molecule has 1 aromatic carbocycles. The number of nitrogens with one attached hydrogen (secondary N) is 1. The summed E-state index contributed by atoms with van der Waals surface area (Å²) in [4.78, 5) is 27.1. The number of thiophene rings is 1. The molecule has 204 valence electrons. The van der Waals surface area contributed by atoms with E-state index in [1.54, 1.807) is 11.4 Å². The van der Waals surface area contributed by atoms with Crippen LogP contribution in [0.25, 0.3) is 0 Å². The summed E-state index contributed by atoms with van der Waals surface area (Å²) in [5, 5.41) is 18.5. The molecular formula is C24H24F3N3O6S2. The Balaban J connectivity index is 0.000000505. The van der Waals surface area contributed by atoms with Crippen LogP contribution in [0.15, 0.2) is 64.3 Å². The van der Waals surface area contributed by atoms with E-state index in [9.17, 15) is 31.5 Å². The van der Waals surface area contributed by atoms with Crippen LogP contribution in [0.1, 0.15) is 28.8 Å². The SMILES string of the molecule is O=C(O)C(F)(F)F.O=C(O)c1cc(NS(=O)(=O)c2cccs2)cnc1N1CCC(Cc2ccccc2)CC1. The number of hydrogen-bond donors (Lipinski definition) is 3. The van der Waals surface area contributed by atoms with Crippen LogP contribution < -0.4 is 9.62 Å². The van der Waals surface area contributed by atoms with Gasteiger partial charge < -0.3 is 15.1 Å². The number of pyridine rings is 1. The Bertz CT molecular complexity index is 1340. The lowest BCUT2D eigenvalue weighted by Gasteiger charge is -2.33. The zero-order chi connectivity index (χ0) is 27.9. The van der Waals surface area contributed by atoms with Crippen molar-refractivity contribution >= 4 is 44.8 Å². The summed E-state index contributed by atoms with van der Waals surface area (Å²) in [6.07, 6.45) is -0.800. The van der Waals surface area contributed by atoms with E-state index in [0.717, 1.165) is 30.6 Å². The summed E-state index contributed by atoms with van der Waals surface area (Å²) in [6, 6.07) is 14.8. The van der Waals surface area contributed by atoms with Crippen LogP contribution in [-0.2, 0) is 21.2 Å². The Labute approximate surface area is 220 Å². The number of sulfonamides is 1. The largest absolute Gasteiger partial charge is 0.490 e. The first-order valence-electron chi connectivity index (χ1n) is 11.3. The summed E-state index contributed by atoms with van der Waals surface area (Å²) >= 11 is 1.09. The maximum atomic E-state index is 12.4. The number of piperidine rings is 1. The molecule has 2 aromatic heterocycles. The Kier molecular flexibility index (Phi) is 9.33. The Morgan fingerprint density at radius 2 is 1.71 bits per heavy atom. The molecule has 1 aliphatic rings. The standard InChI is InChI=1S/C22H23N3O4S2.C2HF3O2/c26-22(27)19-14-18(24-31(28,29)20-7-4-12-30-20)15-23-21(19)25-10-8-17(9-11-25)13-16-5-2-1-3-6-16;3-2(4,5)1(6)7/h1-7,12,14-15,17,24H,8-11,13H2,(H,26,27);(H,6,7). The highest BCUT2D eigenvalue weighted by atomic mass is 32.2. The molecule has 0 aliphatic carbocycles. The fourth-order valence-electron chi connectivity index (χ4n) is 3.84. The molecule has 0 unspecified atom stereocenters. The molecule has 38 heavy (non-hydrogen) atoms. The molecule has 3 heterocycles. The van der Waals surface area contributed by atoms with Crippen molar-refractivity contribution in [2.75, 3.05) is 22.7 Å². The number of alkyl halides is 3. The quantitative estimate of drug-likeness (QED) is 0.370. The van der Waals surface area contributed by atoms with Gasteiger partial charge in [-0.05, 0) is 48.3 Å². The average Bonchev–Trinajstić information content (AvgIpc) is 3.41. The van der Waals surface area contributed by atoms with E-state index in [0.29, 0.717) is 24.8 Å². The van der Waals surface area contributed by atoms with Crippen molar-refractivity contribution in [3.05, 3.63) is 71.2 Å². The number of benzene rings is 1. The molecule has 0 radical (unpaired) electrons. The lowest BCUT2D eigenvalue weighted by atomic mass is 9.90. The number of hydrogen-bond acceptors (Lipinski definition) is 7. The third-order valence-electron chi connectivity index (χ3n) is 5.63. The topological polar surface area (TPSA) is 137 Å². The van der Waals surface area contributed by atoms with E-state index < -0.39 is 28.1 Å². The maximum Gasteiger partial charge on any atom is 0.490 e. The number of carbonyl (C=O) groups is 2. The van der Waals surface area contributed by atoms with Gasteiger partial charge in [0, 0.05) is 13.1 Å². The average molecular weight is 572 g/mol. The van der Waals surface area contributed by atoms with Gasteiger partial charge in [0.15, 0.2) is 0 Å². The van der Waals surface area contributed by atoms with Crippen LogP contribution in [0.5, 0.6) is 0 Å². The van der Waals surface area contributed by atoms with Crippen LogP contribution in [0.2, 0.25) is 0 Å². The second kappa shape index (κ2) is 12.3. The third kappa shape index (κ3) is 7.92. The van der Waals surface area contributed by atoms with E-state index in [4.69, 9.17) is 9.90 Å². The summed E-state index contributed by atoms with van der Waals surface area (Å²) in [6.45, 7) is 1.43.